The van der Waals surface area contributed by atoms with Crippen molar-refractivity contribution in [2.75, 3.05) is 7.05 Å². The van der Waals surface area contributed by atoms with E-state index in [1.165, 1.54) is 12.0 Å². The molecule has 0 aliphatic heterocycles. The quantitative estimate of drug-likeness (QED) is 0.882. The lowest BCUT2D eigenvalue weighted by molar-refractivity contribution is 0.344. The topological polar surface area (TPSA) is 42.2 Å². The molecule has 2 heterocycles. The third-order valence-electron chi connectivity index (χ3n) is 3.41. The van der Waals surface area contributed by atoms with Gasteiger partial charge in [-0.05, 0) is 25.3 Å². The monoisotopic (exact) mass is 246 g/mol. The highest BCUT2D eigenvalue weighted by Crippen LogP contribution is 2.29. The van der Waals surface area contributed by atoms with Crippen molar-refractivity contribution in [1.82, 2.24) is 19.9 Å². The molecule has 1 N–H and O–H groups in total. The molecule has 2 atom stereocenters. The van der Waals surface area contributed by atoms with Gasteiger partial charge in [0.15, 0.2) is 0 Å². The Morgan fingerprint density at radius 1 is 1.28 bits per heavy atom. The van der Waals surface area contributed by atoms with Crippen LogP contribution in [0.3, 0.4) is 0 Å². The molecule has 0 spiro atoms. The molecule has 0 amide bonds. The van der Waals surface area contributed by atoms with Crippen LogP contribution in [0.2, 0.25) is 0 Å². The Hall–Kier alpha value is -1.42. The van der Waals surface area contributed by atoms with Gasteiger partial charge >= 0.3 is 0 Å². The van der Waals surface area contributed by atoms with E-state index in [9.17, 15) is 0 Å². The molecule has 4 nitrogen and oxygen atoms in total. The van der Waals surface area contributed by atoms with Gasteiger partial charge in [-0.25, -0.2) is 4.52 Å². The van der Waals surface area contributed by atoms with Crippen LogP contribution in [0.4, 0.5) is 0 Å². The number of aromatic nitrogens is 3. The van der Waals surface area contributed by atoms with Crippen LogP contribution in [-0.4, -0.2) is 21.6 Å². The van der Waals surface area contributed by atoms with Crippen molar-refractivity contribution in [3.8, 4) is 0 Å². The summed E-state index contributed by atoms with van der Waals surface area (Å²) in [6, 6.07) is 0.328. The van der Waals surface area contributed by atoms with E-state index in [4.69, 9.17) is 0 Å². The van der Waals surface area contributed by atoms with Crippen molar-refractivity contribution in [2.45, 2.75) is 33.2 Å². The fourth-order valence-corrected chi connectivity index (χ4v) is 2.72. The van der Waals surface area contributed by atoms with E-state index < -0.39 is 0 Å². The molecule has 0 aliphatic carbocycles. The van der Waals surface area contributed by atoms with Crippen LogP contribution in [-0.2, 0) is 0 Å². The zero-order chi connectivity index (χ0) is 13.1. The number of rotatable bonds is 5. The predicted octanol–water partition coefficient (Wildman–Crippen LogP) is 2.67. The van der Waals surface area contributed by atoms with Gasteiger partial charge < -0.3 is 5.32 Å². The molecular weight excluding hydrogens is 224 g/mol. The van der Waals surface area contributed by atoms with Crippen LogP contribution < -0.4 is 5.32 Å². The summed E-state index contributed by atoms with van der Waals surface area (Å²) >= 11 is 0. The van der Waals surface area contributed by atoms with E-state index >= 15 is 0 Å². The summed E-state index contributed by atoms with van der Waals surface area (Å²) in [7, 11) is 2.02. The van der Waals surface area contributed by atoms with E-state index in [0.29, 0.717) is 17.9 Å². The van der Waals surface area contributed by atoms with Gasteiger partial charge in [-0.2, -0.15) is 5.10 Å². The lowest BCUT2D eigenvalue weighted by Crippen LogP contribution is -2.24. The van der Waals surface area contributed by atoms with Gasteiger partial charge in [0, 0.05) is 24.0 Å². The van der Waals surface area contributed by atoms with Crippen LogP contribution in [0.25, 0.3) is 5.52 Å². The fraction of sp³-hybridized carbons (Fsp3) is 0.571. The molecule has 0 fully saturated rings. The maximum Gasteiger partial charge on any atom is 0.0892 e. The molecule has 0 saturated carbocycles. The summed E-state index contributed by atoms with van der Waals surface area (Å²) < 4.78 is 1.88. The molecular formula is C14H22N4. The Balaban J connectivity index is 2.32. The van der Waals surface area contributed by atoms with Crippen molar-refractivity contribution < 1.29 is 0 Å². The smallest absolute Gasteiger partial charge is 0.0892 e. The van der Waals surface area contributed by atoms with Gasteiger partial charge in [0.25, 0.3) is 0 Å². The van der Waals surface area contributed by atoms with Gasteiger partial charge in [0.05, 0.1) is 17.9 Å². The molecule has 0 saturated heterocycles. The van der Waals surface area contributed by atoms with Crippen LogP contribution in [0, 0.1) is 11.8 Å². The van der Waals surface area contributed by atoms with Gasteiger partial charge in [0.1, 0.15) is 0 Å². The summed E-state index contributed by atoms with van der Waals surface area (Å²) in [6.07, 6.45) is 8.68. The highest BCUT2D eigenvalue weighted by molar-refractivity contribution is 5.53. The Morgan fingerprint density at radius 3 is 2.72 bits per heavy atom. The zero-order valence-corrected chi connectivity index (χ0v) is 11.6. The Morgan fingerprint density at radius 2 is 2.06 bits per heavy atom. The van der Waals surface area contributed by atoms with E-state index in [2.05, 4.69) is 36.2 Å². The zero-order valence-electron chi connectivity index (χ0n) is 11.6. The SMILES string of the molecule is CNC(c1cnn2ccncc12)C(C)CC(C)C. The molecule has 2 rings (SSSR count). The first-order valence-corrected chi connectivity index (χ1v) is 6.58. The first-order valence-electron chi connectivity index (χ1n) is 6.58. The van der Waals surface area contributed by atoms with Crippen molar-refractivity contribution in [3.05, 3.63) is 30.4 Å². The third-order valence-corrected chi connectivity index (χ3v) is 3.41. The van der Waals surface area contributed by atoms with E-state index in [0.717, 1.165) is 5.52 Å². The average molecular weight is 246 g/mol. The molecule has 2 unspecified atom stereocenters. The molecule has 98 valence electrons. The average Bonchev–Trinajstić information content (AvgIpc) is 2.73. The molecule has 18 heavy (non-hydrogen) atoms. The summed E-state index contributed by atoms with van der Waals surface area (Å²) in [6.45, 7) is 6.82. The van der Waals surface area contributed by atoms with E-state index in [1.54, 1.807) is 6.20 Å². The van der Waals surface area contributed by atoms with E-state index in [1.807, 2.05) is 30.2 Å². The summed E-state index contributed by atoms with van der Waals surface area (Å²) in [4.78, 5) is 4.19. The maximum absolute atomic E-state index is 4.39. The first kappa shape index (κ1) is 13.0. The highest BCUT2D eigenvalue weighted by atomic mass is 15.2. The lowest BCUT2D eigenvalue weighted by Gasteiger charge is -2.24. The van der Waals surface area contributed by atoms with Crippen LogP contribution in [0.15, 0.2) is 24.8 Å². The molecule has 0 bridgehead atoms. The second-order valence-electron chi connectivity index (χ2n) is 5.38. The van der Waals surface area contributed by atoms with Crippen molar-refractivity contribution >= 4 is 5.52 Å². The standard InChI is InChI=1S/C14H22N4/c1-10(2)7-11(3)14(15-4)12-8-17-18-6-5-16-9-13(12)18/h5-6,8-11,14-15H,7H2,1-4H3. The molecule has 4 heteroatoms. The van der Waals surface area contributed by atoms with E-state index in [-0.39, 0.29) is 0 Å². The van der Waals surface area contributed by atoms with Crippen molar-refractivity contribution in [1.29, 1.82) is 0 Å². The molecule has 0 aliphatic rings. The Kier molecular flexibility index (Phi) is 3.97. The summed E-state index contributed by atoms with van der Waals surface area (Å²) in [5.41, 5.74) is 2.33. The number of hydrogen-bond acceptors (Lipinski definition) is 3. The largest absolute Gasteiger partial charge is 0.313 e. The van der Waals surface area contributed by atoms with Crippen LogP contribution in [0.1, 0.15) is 38.8 Å². The number of nitrogens with zero attached hydrogens (tertiary/aromatic N) is 3. The lowest BCUT2D eigenvalue weighted by atomic mass is 9.88. The first-order chi connectivity index (χ1) is 8.63. The number of nitrogens with one attached hydrogen (secondary N) is 1. The minimum atomic E-state index is 0.328. The van der Waals surface area contributed by atoms with Gasteiger partial charge in [-0.15, -0.1) is 0 Å². The third kappa shape index (κ3) is 2.53. The molecule has 2 aromatic heterocycles. The summed E-state index contributed by atoms with van der Waals surface area (Å²) in [5.74, 6) is 1.28. The Bertz CT molecular complexity index is 503. The number of fused-ring (bicyclic) bond motifs is 1. The fourth-order valence-electron chi connectivity index (χ4n) is 2.72. The highest BCUT2D eigenvalue weighted by Gasteiger charge is 2.21. The predicted molar refractivity (Wildman–Crippen MR) is 73.4 cm³/mol. The van der Waals surface area contributed by atoms with Gasteiger partial charge in [0.2, 0.25) is 0 Å². The normalized spacial score (nSPS) is 15.2. The maximum atomic E-state index is 4.39. The van der Waals surface area contributed by atoms with Crippen molar-refractivity contribution in [3.63, 3.8) is 0 Å². The van der Waals surface area contributed by atoms with Crippen LogP contribution >= 0.6 is 0 Å². The number of hydrogen-bond donors (Lipinski definition) is 1. The summed E-state index contributed by atoms with van der Waals surface area (Å²) in [5, 5.41) is 7.81. The minimum absolute atomic E-state index is 0.328. The second-order valence-corrected chi connectivity index (χ2v) is 5.38. The second kappa shape index (κ2) is 5.48. The van der Waals surface area contributed by atoms with Crippen molar-refractivity contribution in [2.24, 2.45) is 11.8 Å². The minimum Gasteiger partial charge on any atom is -0.313 e. The molecule has 0 radical (unpaired) electrons. The Labute approximate surface area is 108 Å². The van der Waals surface area contributed by atoms with Gasteiger partial charge in [-0.1, -0.05) is 20.8 Å². The van der Waals surface area contributed by atoms with Gasteiger partial charge in [-0.3, -0.25) is 4.98 Å². The molecule has 0 aromatic carbocycles. The van der Waals surface area contributed by atoms with Crippen LogP contribution in [0.5, 0.6) is 0 Å². The molecule has 2 aromatic rings.